The largest absolute Gasteiger partial charge is 0.465 e. The van der Waals surface area contributed by atoms with Gasteiger partial charge in [-0.1, -0.05) is 0 Å². The Morgan fingerprint density at radius 2 is 2.08 bits per heavy atom. The molecule has 0 heterocycles. The summed E-state index contributed by atoms with van der Waals surface area (Å²) in [5, 5.41) is 11.0. The van der Waals surface area contributed by atoms with Gasteiger partial charge in [0.15, 0.2) is 0 Å². The van der Waals surface area contributed by atoms with E-state index in [1.54, 1.807) is 7.11 Å². The maximum atomic E-state index is 10.3. The predicted octanol–water partition coefficient (Wildman–Crippen LogP) is 0.677. The average Bonchev–Trinajstić information content (AvgIpc) is 2.47. The zero-order valence-electron chi connectivity index (χ0n) is 6.99. The van der Waals surface area contributed by atoms with Crippen molar-refractivity contribution in [3.05, 3.63) is 0 Å². The van der Waals surface area contributed by atoms with Gasteiger partial charge in [0.1, 0.15) is 0 Å². The van der Waals surface area contributed by atoms with E-state index in [1.165, 1.54) is 0 Å². The predicted molar refractivity (Wildman–Crippen MR) is 42.0 cm³/mol. The van der Waals surface area contributed by atoms with E-state index in [0.717, 1.165) is 12.8 Å². The molecule has 12 heavy (non-hydrogen) atoms. The number of ether oxygens (including phenoxy) is 1. The molecule has 0 radical (unpaired) electrons. The Hall–Kier alpha value is -0.770. The van der Waals surface area contributed by atoms with Gasteiger partial charge in [-0.25, -0.2) is 4.79 Å². The van der Waals surface area contributed by atoms with Gasteiger partial charge in [0.25, 0.3) is 0 Å². The van der Waals surface area contributed by atoms with E-state index >= 15 is 0 Å². The number of amides is 1. The van der Waals surface area contributed by atoms with E-state index in [-0.39, 0.29) is 6.04 Å². The zero-order valence-corrected chi connectivity index (χ0v) is 6.99. The molecule has 0 bridgehead atoms. The van der Waals surface area contributed by atoms with Crippen LogP contribution in [0.25, 0.3) is 0 Å². The molecule has 2 rings (SSSR count). The molecule has 2 aliphatic carbocycles. The first kappa shape index (κ1) is 7.86. The van der Waals surface area contributed by atoms with E-state index in [1.807, 2.05) is 0 Å². The highest BCUT2D eigenvalue weighted by Gasteiger charge is 2.56. The summed E-state index contributed by atoms with van der Waals surface area (Å²) in [4.78, 5) is 10.3. The summed E-state index contributed by atoms with van der Waals surface area (Å²) in [6.07, 6.45) is 1.51. The van der Waals surface area contributed by atoms with E-state index < -0.39 is 6.09 Å². The summed E-state index contributed by atoms with van der Waals surface area (Å²) in [7, 11) is 1.72. The number of rotatable bonds is 2. The molecule has 0 aromatic rings. The van der Waals surface area contributed by atoms with Crippen molar-refractivity contribution in [1.29, 1.82) is 0 Å². The fraction of sp³-hybridized carbons (Fsp3) is 0.875. The quantitative estimate of drug-likeness (QED) is 0.642. The number of carboxylic acid groups (broad SMARTS) is 1. The number of carbonyl (C=O) groups is 1. The van der Waals surface area contributed by atoms with Crippen LogP contribution in [0.3, 0.4) is 0 Å². The zero-order chi connectivity index (χ0) is 8.72. The Bertz CT molecular complexity index is 194. The molecule has 2 unspecified atom stereocenters. The fourth-order valence-corrected chi connectivity index (χ4v) is 2.34. The molecule has 4 nitrogen and oxygen atoms in total. The second kappa shape index (κ2) is 2.62. The number of hydrogen-bond donors (Lipinski definition) is 2. The van der Waals surface area contributed by atoms with Crippen LogP contribution in [-0.2, 0) is 4.74 Å². The van der Waals surface area contributed by atoms with E-state index in [4.69, 9.17) is 9.84 Å². The molecule has 4 heteroatoms. The van der Waals surface area contributed by atoms with Crippen molar-refractivity contribution >= 4 is 6.09 Å². The molecular weight excluding hydrogens is 158 g/mol. The summed E-state index contributed by atoms with van der Waals surface area (Å²) in [5.74, 6) is 1.09. The van der Waals surface area contributed by atoms with Crippen molar-refractivity contribution < 1.29 is 14.6 Å². The van der Waals surface area contributed by atoms with Crippen molar-refractivity contribution in [2.75, 3.05) is 7.11 Å². The Labute approximate surface area is 70.9 Å². The van der Waals surface area contributed by atoms with Gasteiger partial charge >= 0.3 is 6.09 Å². The van der Waals surface area contributed by atoms with Crippen molar-refractivity contribution in [2.24, 2.45) is 11.8 Å². The molecule has 1 amide bonds. The van der Waals surface area contributed by atoms with Crippen molar-refractivity contribution in [2.45, 2.75) is 25.0 Å². The van der Waals surface area contributed by atoms with Crippen LogP contribution in [0.2, 0.25) is 0 Å². The molecule has 68 valence electrons. The van der Waals surface area contributed by atoms with E-state index in [0.29, 0.717) is 17.9 Å². The van der Waals surface area contributed by atoms with Gasteiger partial charge in [-0.2, -0.15) is 0 Å². The second-order valence-electron chi connectivity index (χ2n) is 3.63. The SMILES string of the molecule is COC1CC2C(C1)C2NC(=O)O. The topological polar surface area (TPSA) is 58.6 Å². The lowest BCUT2D eigenvalue weighted by atomic mass is 10.2. The molecule has 0 spiro atoms. The van der Waals surface area contributed by atoms with Crippen LogP contribution in [0.15, 0.2) is 0 Å². The van der Waals surface area contributed by atoms with Crippen LogP contribution in [0.4, 0.5) is 4.79 Å². The van der Waals surface area contributed by atoms with Crippen molar-refractivity contribution in [1.82, 2.24) is 5.32 Å². The maximum absolute atomic E-state index is 10.3. The minimum absolute atomic E-state index is 0.217. The van der Waals surface area contributed by atoms with Gasteiger partial charge in [0.2, 0.25) is 0 Å². The molecule has 0 saturated heterocycles. The number of hydrogen-bond acceptors (Lipinski definition) is 2. The molecule has 0 aliphatic heterocycles. The third-order valence-corrected chi connectivity index (χ3v) is 3.03. The van der Waals surface area contributed by atoms with Crippen LogP contribution >= 0.6 is 0 Å². The van der Waals surface area contributed by atoms with Crippen molar-refractivity contribution in [3.8, 4) is 0 Å². The van der Waals surface area contributed by atoms with Gasteiger partial charge < -0.3 is 15.2 Å². The minimum Gasteiger partial charge on any atom is -0.465 e. The molecular formula is C8H13NO3. The smallest absolute Gasteiger partial charge is 0.404 e. The molecule has 2 N–H and O–H groups in total. The molecule has 2 fully saturated rings. The van der Waals surface area contributed by atoms with Crippen LogP contribution in [0.5, 0.6) is 0 Å². The summed E-state index contributed by atoms with van der Waals surface area (Å²) >= 11 is 0. The maximum Gasteiger partial charge on any atom is 0.404 e. The third-order valence-electron chi connectivity index (χ3n) is 3.03. The minimum atomic E-state index is -0.900. The first-order valence-electron chi connectivity index (χ1n) is 4.24. The monoisotopic (exact) mass is 171 g/mol. The molecule has 2 aliphatic rings. The molecule has 0 aromatic carbocycles. The Kier molecular flexibility index (Phi) is 1.72. The van der Waals surface area contributed by atoms with Gasteiger partial charge in [-0.05, 0) is 24.7 Å². The van der Waals surface area contributed by atoms with Gasteiger partial charge in [-0.15, -0.1) is 0 Å². The Balaban J connectivity index is 1.79. The standard InChI is InChI=1S/C8H13NO3/c1-12-4-2-5-6(3-4)7(5)9-8(10)11/h4-7,9H,2-3H2,1H3,(H,10,11). The van der Waals surface area contributed by atoms with Crippen LogP contribution < -0.4 is 5.32 Å². The average molecular weight is 171 g/mol. The van der Waals surface area contributed by atoms with Crippen LogP contribution in [0.1, 0.15) is 12.8 Å². The highest BCUT2D eigenvalue weighted by molar-refractivity contribution is 5.65. The number of fused-ring (bicyclic) bond motifs is 1. The van der Waals surface area contributed by atoms with E-state index in [9.17, 15) is 4.79 Å². The lowest BCUT2D eigenvalue weighted by Crippen LogP contribution is -2.28. The third kappa shape index (κ3) is 1.16. The lowest BCUT2D eigenvalue weighted by molar-refractivity contribution is 0.0949. The van der Waals surface area contributed by atoms with E-state index in [2.05, 4.69) is 5.32 Å². The lowest BCUT2D eigenvalue weighted by Gasteiger charge is -2.11. The van der Waals surface area contributed by atoms with Gasteiger partial charge in [-0.3, -0.25) is 0 Å². The van der Waals surface area contributed by atoms with Gasteiger partial charge in [0, 0.05) is 13.2 Å². The van der Waals surface area contributed by atoms with Gasteiger partial charge in [0.05, 0.1) is 6.10 Å². The normalized spacial score (nSPS) is 43.8. The number of nitrogens with one attached hydrogen (secondary N) is 1. The summed E-state index contributed by atoms with van der Waals surface area (Å²) < 4.78 is 5.19. The molecule has 2 saturated carbocycles. The first-order chi connectivity index (χ1) is 5.72. The summed E-state index contributed by atoms with van der Waals surface area (Å²) in [6.45, 7) is 0. The van der Waals surface area contributed by atoms with Crippen LogP contribution in [-0.4, -0.2) is 30.5 Å². The number of methoxy groups -OCH3 is 1. The molecule has 2 atom stereocenters. The Morgan fingerprint density at radius 1 is 1.50 bits per heavy atom. The second-order valence-corrected chi connectivity index (χ2v) is 3.63. The first-order valence-corrected chi connectivity index (χ1v) is 4.24. The van der Waals surface area contributed by atoms with Crippen molar-refractivity contribution in [3.63, 3.8) is 0 Å². The van der Waals surface area contributed by atoms with Crippen LogP contribution in [0, 0.1) is 11.8 Å². The highest BCUT2D eigenvalue weighted by Crippen LogP contribution is 2.52. The Morgan fingerprint density at radius 3 is 2.50 bits per heavy atom. The fourth-order valence-electron chi connectivity index (χ4n) is 2.34. The summed E-state index contributed by atoms with van der Waals surface area (Å²) in [5.41, 5.74) is 0. The highest BCUT2D eigenvalue weighted by atomic mass is 16.5. The summed E-state index contributed by atoms with van der Waals surface area (Å²) in [6, 6.07) is 0.217. The molecule has 0 aromatic heterocycles.